The van der Waals surface area contributed by atoms with E-state index < -0.39 is 0 Å². The van der Waals surface area contributed by atoms with Gasteiger partial charge in [-0.05, 0) is 52.4 Å². The molecule has 2 atom stereocenters. The molecule has 2 aromatic heterocycles. The number of carbonyl (C=O) groups excluding carboxylic acids is 1. The van der Waals surface area contributed by atoms with Gasteiger partial charge in [0.1, 0.15) is 0 Å². The monoisotopic (exact) mass is 342 g/mol. The van der Waals surface area contributed by atoms with Gasteiger partial charge in [-0.1, -0.05) is 0 Å². The number of aromatic nitrogens is 4. The maximum Gasteiger partial charge on any atom is 0.322 e. The van der Waals surface area contributed by atoms with E-state index in [4.69, 9.17) is 0 Å². The summed E-state index contributed by atoms with van der Waals surface area (Å²) in [6.07, 6.45) is 8.24. The van der Waals surface area contributed by atoms with E-state index in [1.54, 1.807) is 6.20 Å². The lowest BCUT2D eigenvalue weighted by molar-refractivity contribution is 0.207. The first-order valence-corrected chi connectivity index (χ1v) is 9.18. The zero-order valence-corrected chi connectivity index (χ0v) is 15.1. The van der Waals surface area contributed by atoms with Crippen molar-refractivity contribution in [2.75, 3.05) is 11.9 Å². The van der Waals surface area contributed by atoms with Crippen LogP contribution in [0, 0.1) is 19.8 Å². The van der Waals surface area contributed by atoms with Crippen LogP contribution in [0.4, 0.5) is 10.5 Å². The van der Waals surface area contributed by atoms with Crippen LogP contribution in [0.25, 0.3) is 0 Å². The molecular formula is C18H26N6O. The van der Waals surface area contributed by atoms with Crippen LogP contribution in [0.3, 0.4) is 0 Å². The number of aromatic amines is 1. The second-order valence-corrected chi connectivity index (χ2v) is 7.42. The van der Waals surface area contributed by atoms with Crippen LogP contribution in [0.1, 0.15) is 61.6 Å². The third-order valence-corrected chi connectivity index (χ3v) is 5.61. The van der Waals surface area contributed by atoms with Crippen LogP contribution < -0.4 is 5.32 Å². The minimum atomic E-state index is -0.0545. The Hall–Kier alpha value is -2.31. The van der Waals surface area contributed by atoms with Crippen molar-refractivity contribution < 1.29 is 4.79 Å². The Bertz CT molecular complexity index is 755. The van der Waals surface area contributed by atoms with E-state index >= 15 is 0 Å². The number of anilines is 1. The summed E-state index contributed by atoms with van der Waals surface area (Å²) < 4.78 is 1.97. The van der Waals surface area contributed by atoms with Gasteiger partial charge in [-0.25, -0.2) is 4.79 Å². The molecule has 2 amide bonds. The molecule has 7 heteroatoms. The van der Waals surface area contributed by atoms with Crippen molar-refractivity contribution in [3.05, 3.63) is 29.3 Å². The van der Waals surface area contributed by atoms with Crippen molar-refractivity contribution in [2.45, 2.75) is 58.5 Å². The number of carbonyl (C=O) groups is 1. The summed E-state index contributed by atoms with van der Waals surface area (Å²) in [5, 5.41) is 14.8. The molecule has 134 valence electrons. The molecule has 0 spiro atoms. The molecule has 2 aliphatic rings. The SMILES string of the molecule is Cc1n[nH]c(C)c1[C@@H]1CCCN1C(=O)Nc1cnn([C@H](C)C2CC2)c1. The van der Waals surface area contributed by atoms with E-state index in [1.165, 1.54) is 12.8 Å². The number of amides is 2. The summed E-state index contributed by atoms with van der Waals surface area (Å²) in [7, 11) is 0. The molecule has 2 N–H and O–H groups in total. The molecule has 0 unspecified atom stereocenters. The Labute approximate surface area is 147 Å². The Balaban J connectivity index is 1.47. The third-order valence-electron chi connectivity index (χ3n) is 5.61. The van der Waals surface area contributed by atoms with Crippen LogP contribution in [0.15, 0.2) is 12.4 Å². The maximum absolute atomic E-state index is 12.8. The number of nitrogens with zero attached hydrogens (tertiary/aromatic N) is 4. The van der Waals surface area contributed by atoms with Gasteiger partial charge in [0.25, 0.3) is 0 Å². The number of aryl methyl sites for hydroxylation is 2. The second-order valence-electron chi connectivity index (χ2n) is 7.42. The first kappa shape index (κ1) is 16.2. The largest absolute Gasteiger partial charge is 0.322 e. The molecule has 2 fully saturated rings. The normalized spacial score (nSPS) is 21.6. The van der Waals surface area contributed by atoms with Gasteiger partial charge in [0.2, 0.25) is 0 Å². The summed E-state index contributed by atoms with van der Waals surface area (Å²) in [6, 6.07) is 0.446. The summed E-state index contributed by atoms with van der Waals surface area (Å²) in [5.41, 5.74) is 3.95. The number of H-pyrrole nitrogens is 1. The summed E-state index contributed by atoms with van der Waals surface area (Å²) >= 11 is 0. The lowest BCUT2D eigenvalue weighted by atomic mass is 10.0. The highest BCUT2D eigenvalue weighted by atomic mass is 16.2. The predicted octanol–water partition coefficient (Wildman–Crippen LogP) is 3.56. The molecule has 1 aliphatic heterocycles. The van der Waals surface area contributed by atoms with E-state index in [0.29, 0.717) is 6.04 Å². The Morgan fingerprint density at radius 3 is 2.84 bits per heavy atom. The average Bonchev–Trinajstić information content (AvgIpc) is 2.98. The van der Waals surface area contributed by atoms with Crippen LogP contribution in [-0.2, 0) is 0 Å². The number of hydrogen-bond donors (Lipinski definition) is 2. The topological polar surface area (TPSA) is 78.8 Å². The molecule has 25 heavy (non-hydrogen) atoms. The Kier molecular flexibility index (Phi) is 4.01. The fraction of sp³-hybridized carbons (Fsp3) is 0.611. The van der Waals surface area contributed by atoms with E-state index in [2.05, 4.69) is 27.5 Å². The van der Waals surface area contributed by atoms with E-state index in [-0.39, 0.29) is 12.1 Å². The highest BCUT2D eigenvalue weighted by Crippen LogP contribution is 2.39. The zero-order chi connectivity index (χ0) is 17.6. The average molecular weight is 342 g/mol. The standard InChI is InChI=1S/C18H26N6O/c1-11-17(12(2)22-21-11)16-5-4-8-23(16)18(25)20-15-9-19-24(10-15)13(3)14-6-7-14/h9-10,13-14,16H,4-8H2,1-3H3,(H,20,25)(H,21,22)/t13-,16+/m1/s1. The molecule has 0 bridgehead atoms. The van der Waals surface area contributed by atoms with Crippen LogP contribution >= 0.6 is 0 Å². The minimum Gasteiger partial charge on any atom is -0.317 e. The van der Waals surface area contributed by atoms with Gasteiger partial charge in [0.15, 0.2) is 0 Å². The van der Waals surface area contributed by atoms with Gasteiger partial charge in [-0.2, -0.15) is 10.2 Å². The lowest BCUT2D eigenvalue weighted by Gasteiger charge is -2.25. The summed E-state index contributed by atoms with van der Waals surface area (Å²) in [6.45, 7) is 6.98. The zero-order valence-electron chi connectivity index (χ0n) is 15.1. The van der Waals surface area contributed by atoms with Crippen molar-refractivity contribution in [3.8, 4) is 0 Å². The van der Waals surface area contributed by atoms with Gasteiger partial charge in [-0.3, -0.25) is 9.78 Å². The molecule has 3 heterocycles. The first-order chi connectivity index (χ1) is 12.0. The van der Waals surface area contributed by atoms with Gasteiger partial charge < -0.3 is 10.2 Å². The van der Waals surface area contributed by atoms with E-state index in [0.717, 1.165) is 47.9 Å². The number of likely N-dealkylation sites (tertiary alicyclic amines) is 1. The predicted molar refractivity (Wildman–Crippen MR) is 95.4 cm³/mol. The molecule has 1 aliphatic carbocycles. The maximum atomic E-state index is 12.8. The molecule has 1 saturated carbocycles. The Morgan fingerprint density at radius 2 is 2.16 bits per heavy atom. The molecule has 4 rings (SSSR count). The van der Waals surface area contributed by atoms with Gasteiger partial charge in [0, 0.05) is 24.0 Å². The molecular weight excluding hydrogens is 316 g/mol. The van der Waals surface area contributed by atoms with E-state index in [1.807, 2.05) is 29.6 Å². The molecule has 7 nitrogen and oxygen atoms in total. The highest BCUT2D eigenvalue weighted by molar-refractivity contribution is 5.89. The van der Waals surface area contributed by atoms with Crippen molar-refractivity contribution in [3.63, 3.8) is 0 Å². The van der Waals surface area contributed by atoms with Crippen molar-refractivity contribution in [1.29, 1.82) is 0 Å². The van der Waals surface area contributed by atoms with Crippen LogP contribution in [0.2, 0.25) is 0 Å². The second kappa shape index (κ2) is 6.20. The number of urea groups is 1. The number of nitrogens with one attached hydrogen (secondary N) is 2. The number of hydrogen-bond acceptors (Lipinski definition) is 3. The lowest BCUT2D eigenvalue weighted by Crippen LogP contribution is -2.34. The third kappa shape index (κ3) is 3.03. The quantitative estimate of drug-likeness (QED) is 0.891. The van der Waals surface area contributed by atoms with Crippen molar-refractivity contribution in [1.82, 2.24) is 24.9 Å². The summed E-state index contributed by atoms with van der Waals surface area (Å²) in [5.74, 6) is 0.735. The fourth-order valence-corrected chi connectivity index (χ4v) is 3.98. The summed E-state index contributed by atoms with van der Waals surface area (Å²) in [4.78, 5) is 14.7. The number of rotatable bonds is 4. The van der Waals surface area contributed by atoms with Crippen LogP contribution in [-0.4, -0.2) is 37.5 Å². The highest BCUT2D eigenvalue weighted by Gasteiger charge is 2.33. The molecule has 2 aromatic rings. The first-order valence-electron chi connectivity index (χ1n) is 9.18. The van der Waals surface area contributed by atoms with Gasteiger partial charge in [0.05, 0.1) is 29.7 Å². The van der Waals surface area contributed by atoms with Gasteiger partial charge in [-0.15, -0.1) is 0 Å². The van der Waals surface area contributed by atoms with Crippen molar-refractivity contribution in [2.24, 2.45) is 5.92 Å². The molecule has 1 saturated heterocycles. The molecule has 0 radical (unpaired) electrons. The fourth-order valence-electron chi connectivity index (χ4n) is 3.98. The van der Waals surface area contributed by atoms with Crippen molar-refractivity contribution >= 4 is 11.7 Å². The van der Waals surface area contributed by atoms with E-state index in [9.17, 15) is 4.79 Å². The Morgan fingerprint density at radius 1 is 1.36 bits per heavy atom. The minimum absolute atomic E-state index is 0.0545. The smallest absolute Gasteiger partial charge is 0.317 e. The molecule has 0 aromatic carbocycles. The van der Waals surface area contributed by atoms with Crippen LogP contribution in [0.5, 0.6) is 0 Å². The van der Waals surface area contributed by atoms with Gasteiger partial charge >= 0.3 is 6.03 Å².